The average Bonchev–Trinajstić information content (AvgIpc) is 3.46. The van der Waals surface area contributed by atoms with Crippen LogP contribution in [-0.4, -0.2) is 35.6 Å². The standard InChI is InChI=1S/C24H21N3O4/c28-20(26-18-7-2-1-3-8-18)14-31-19-9-5-4-6-17(19)13-25-27-23(29)21-15-10-11-16(12-15)22(21)24(27)30/h1-11,13,15-16,21-22H,12,14H2,(H,26,28)/t15-,16-,21-,22+/m0/s1. The van der Waals surface area contributed by atoms with Crippen molar-refractivity contribution < 1.29 is 19.1 Å². The lowest BCUT2D eigenvalue weighted by Gasteiger charge is -2.13. The Hall–Kier alpha value is -3.74. The van der Waals surface area contributed by atoms with Crippen molar-refractivity contribution in [3.8, 4) is 5.75 Å². The number of imide groups is 1. The Morgan fingerprint density at radius 2 is 1.65 bits per heavy atom. The maximum atomic E-state index is 12.8. The molecule has 31 heavy (non-hydrogen) atoms. The molecule has 1 aliphatic heterocycles. The molecule has 1 saturated carbocycles. The Balaban J connectivity index is 1.26. The first-order chi connectivity index (χ1) is 15.1. The molecule has 1 saturated heterocycles. The van der Waals surface area contributed by atoms with Crippen molar-refractivity contribution in [3.05, 3.63) is 72.3 Å². The number of ether oxygens (including phenoxy) is 1. The van der Waals surface area contributed by atoms with Crippen molar-refractivity contribution in [1.82, 2.24) is 5.01 Å². The van der Waals surface area contributed by atoms with Crippen LogP contribution in [0, 0.1) is 23.7 Å². The number of allylic oxidation sites excluding steroid dienone is 2. The molecule has 0 unspecified atom stereocenters. The maximum Gasteiger partial charge on any atom is 0.262 e. The van der Waals surface area contributed by atoms with Gasteiger partial charge in [0.05, 0.1) is 18.1 Å². The van der Waals surface area contributed by atoms with E-state index in [0.717, 1.165) is 11.4 Å². The predicted octanol–water partition coefficient (Wildman–Crippen LogP) is 2.85. The van der Waals surface area contributed by atoms with E-state index >= 15 is 0 Å². The summed E-state index contributed by atoms with van der Waals surface area (Å²) in [6, 6.07) is 16.2. The van der Waals surface area contributed by atoms with E-state index in [2.05, 4.69) is 10.4 Å². The second-order valence-corrected chi connectivity index (χ2v) is 7.97. The third kappa shape index (κ3) is 3.52. The van der Waals surface area contributed by atoms with E-state index < -0.39 is 0 Å². The largest absolute Gasteiger partial charge is 0.483 e. The Labute approximate surface area is 179 Å². The summed E-state index contributed by atoms with van der Waals surface area (Å²) in [6.07, 6.45) is 6.42. The second kappa shape index (κ2) is 7.83. The number of fused-ring (bicyclic) bond motifs is 5. The molecule has 0 radical (unpaired) electrons. The minimum Gasteiger partial charge on any atom is -0.483 e. The topological polar surface area (TPSA) is 88.1 Å². The number of hydrogen-bond acceptors (Lipinski definition) is 5. The van der Waals surface area contributed by atoms with Gasteiger partial charge in [-0.3, -0.25) is 14.4 Å². The van der Waals surface area contributed by atoms with Crippen LogP contribution in [0.5, 0.6) is 5.75 Å². The van der Waals surface area contributed by atoms with Crippen LogP contribution in [0.15, 0.2) is 71.9 Å². The molecule has 5 rings (SSSR count). The summed E-state index contributed by atoms with van der Waals surface area (Å²) < 4.78 is 5.66. The van der Waals surface area contributed by atoms with Crippen molar-refractivity contribution in [3.63, 3.8) is 0 Å². The number of nitrogens with one attached hydrogen (secondary N) is 1. The highest BCUT2D eigenvalue weighted by Gasteiger charge is 2.59. The minimum absolute atomic E-state index is 0.144. The highest BCUT2D eigenvalue weighted by atomic mass is 16.5. The number of nitrogens with zero attached hydrogens (tertiary/aromatic N) is 2. The highest BCUT2D eigenvalue weighted by Crippen LogP contribution is 2.52. The van der Waals surface area contributed by atoms with Crippen LogP contribution in [-0.2, 0) is 14.4 Å². The van der Waals surface area contributed by atoms with Gasteiger partial charge in [0.15, 0.2) is 6.61 Å². The zero-order valence-electron chi connectivity index (χ0n) is 16.7. The number of carbonyl (C=O) groups excluding carboxylic acids is 3. The normalized spacial score (nSPS) is 26.0. The summed E-state index contributed by atoms with van der Waals surface area (Å²) in [4.78, 5) is 37.7. The molecule has 7 nitrogen and oxygen atoms in total. The van der Waals surface area contributed by atoms with Crippen LogP contribution in [0.3, 0.4) is 0 Å². The fraction of sp³-hybridized carbons (Fsp3) is 0.250. The zero-order valence-corrected chi connectivity index (χ0v) is 16.7. The molecule has 156 valence electrons. The molecule has 2 aliphatic carbocycles. The molecule has 0 spiro atoms. The van der Waals surface area contributed by atoms with Crippen LogP contribution in [0.1, 0.15) is 12.0 Å². The van der Waals surface area contributed by atoms with Gasteiger partial charge in [0, 0.05) is 11.3 Å². The summed E-state index contributed by atoms with van der Waals surface area (Å²) in [5.74, 6) is -0.599. The van der Waals surface area contributed by atoms with Crippen LogP contribution < -0.4 is 10.1 Å². The summed E-state index contributed by atoms with van der Waals surface area (Å²) in [5, 5.41) is 7.95. The Kier molecular flexibility index (Phi) is 4.86. The molecule has 2 bridgehead atoms. The number of amides is 3. The van der Waals surface area contributed by atoms with Crippen molar-refractivity contribution in [2.24, 2.45) is 28.8 Å². The second-order valence-electron chi connectivity index (χ2n) is 7.97. The molecule has 3 amide bonds. The van der Waals surface area contributed by atoms with Gasteiger partial charge in [0.2, 0.25) is 0 Å². The number of rotatable bonds is 6. The van der Waals surface area contributed by atoms with Crippen molar-refractivity contribution >= 4 is 29.6 Å². The summed E-state index contributed by atoms with van der Waals surface area (Å²) in [6.45, 7) is -0.180. The Morgan fingerprint density at radius 3 is 2.35 bits per heavy atom. The fourth-order valence-corrected chi connectivity index (χ4v) is 4.70. The first-order valence-corrected chi connectivity index (χ1v) is 10.3. The van der Waals surface area contributed by atoms with Gasteiger partial charge in [-0.2, -0.15) is 10.1 Å². The first-order valence-electron chi connectivity index (χ1n) is 10.3. The number of anilines is 1. The minimum atomic E-state index is -0.293. The number of para-hydroxylation sites is 2. The molecule has 2 fully saturated rings. The molecule has 2 aromatic rings. The lowest BCUT2D eigenvalue weighted by Crippen LogP contribution is -2.28. The lowest BCUT2D eigenvalue weighted by atomic mass is 9.85. The van der Waals surface area contributed by atoms with Gasteiger partial charge < -0.3 is 10.1 Å². The number of carbonyl (C=O) groups is 3. The molecule has 0 aromatic heterocycles. The predicted molar refractivity (Wildman–Crippen MR) is 114 cm³/mol. The molecule has 1 heterocycles. The van der Waals surface area contributed by atoms with E-state index in [1.807, 2.05) is 30.4 Å². The van der Waals surface area contributed by atoms with Crippen molar-refractivity contribution in [2.75, 3.05) is 11.9 Å². The number of hydrazone groups is 1. The molecular formula is C24H21N3O4. The lowest BCUT2D eigenvalue weighted by molar-refractivity contribution is -0.140. The summed E-state index contributed by atoms with van der Waals surface area (Å²) >= 11 is 0. The van der Waals surface area contributed by atoms with Gasteiger partial charge in [0.1, 0.15) is 5.75 Å². The van der Waals surface area contributed by atoms with E-state index in [1.54, 1.807) is 36.4 Å². The van der Waals surface area contributed by atoms with E-state index in [4.69, 9.17) is 4.74 Å². The maximum absolute atomic E-state index is 12.8. The SMILES string of the molecule is O=C(COc1ccccc1C=NN1C(=O)[C@@H]2[C@H](C1=O)[C@H]1C=C[C@H]2C1)Nc1ccccc1. The Bertz CT molecular complexity index is 1070. The summed E-state index contributed by atoms with van der Waals surface area (Å²) in [5.41, 5.74) is 1.26. The highest BCUT2D eigenvalue weighted by molar-refractivity contribution is 6.07. The van der Waals surface area contributed by atoms with Crippen molar-refractivity contribution in [2.45, 2.75) is 6.42 Å². The molecule has 1 N–H and O–H groups in total. The van der Waals surface area contributed by atoms with Gasteiger partial charge in [0.25, 0.3) is 17.7 Å². The van der Waals surface area contributed by atoms with E-state index in [0.29, 0.717) is 17.0 Å². The molecular weight excluding hydrogens is 394 g/mol. The van der Waals surface area contributed by atoms with Gasteiger partial charge in [-0.1, -0.05) is 42.5 Å². The van der Waals surface area contributed by atoms with Gasteiger partial charge in [-0.05, 0) is 42.5 Å². The fourth-order valence-electron chi connectivity index (χ4n) is 4.70. The zero-order chi connectivity index (χ0) is 21.4. The summed E-state index contributed by atoms with van der Waals surface area (Å²) in [7, 11) is 0. The van der Waals surface area contributed by atoms with E-state index in [9.17, 15) is 14.4 Å². The molecule has 2 aromatic carbocycles. The van der Waals surface area contributed by atoms with Crippen molar-refractivity contribution in [1.29, 1.82) is 0 Å². The quantitative estimate of drug-likeness (QED) is 0.446. The van der Waals surface area contributed by atoms with Crippen LogP contribution in [0.25, 0.3) is 0 Å². The Morgan fingerprint density at radius 1 is 1.00 bits per heavy atom. The molecule has 7 heteroatoms. The number of hydrogen-bond donors (Lipinski definition) is 1. The third-order valence-electron chi connectivity index (χ3n) is 6.09. The van der Waals surface area contributed by atoms with Crippen LogP contribution >= 0.6 is 0 Å². The van der Waals surface area contributed by atoms with Gasteiger partial charge >= 0.3 is 0 Å². The third-order valence-corrected chi connectivity index (χ3v) is 6.09. The van der Waals surface area contributed by atoms with Crippen LogP contribution in [0.4, 0.5) is 5.69 Å². The monoisotopic (exact) mass is 415 g/mol. The van der Waals surface area contributed by atoms with E-state index in [1.165, 1.54) is 6.21 Å². The van der Waals surface area contributed by atoms with Crippen LogP contribution in [0.2, 0.25) is 0 Å². The average molecular weight is 415 g/mol. The van der Waals surface area contributed by atoms with Gasteiger partial charge in [-0.25, -0.2) is 0 Å². The first kappa shape index (κ1) is 19.2. The van der Waals surface area contributed by atoms with Gasteiger partial charge in [-0.15, -0.1) is 0 Å². The molecule has 3 aliphatic rings. The molecule has 4 atom stereocenters. The van der Waals surface area contributed by atoms with E-state index in [-0.39, 0.29) is 48.0 Å². The number of benzene rings is 2. The smallest absolute Gasteiger partial charge is 0.262 e.